The Labute approximate surface area is 185 Å². The number of hydrogen-bond donors (Lipinski definition) is 2. The van der Waals surface area contributed by atoms with Gasteiger partial charge in [-0.2, -0.15) is 0 Å². The molecule has 2 amide bonds. The van der Waals surface area contributed by atoms with Crippen LogP contribution in [0.1, 0.15) is 5.56 Å². The number of nitrogens with zero attached hydrogens (tertiary/aromatic N) is 2. The number of nitrogens with one attached hydrogen (secondary N) is 2. The zero-order valence-corrected chi connectivity index (χ0v) is 18.3. The molecule has 1 aliphatic heterocycles. The van der Waals surface area contributed by atoms with Crippen molar-refractivity contribution in [2.45, 2.75) is 6.54 Å². The van der Waals surface area contributed by atoms with Gasteiger partial charge in [-0.15, -0.1) is 0 Å². The Morgan fingerprint density at radius 3 is 2.62 bits per heavy atom. The van der Waals surface area contributed by atoms with E-state index in [0.29, 0.717) is 47.1 Å². The third-order valence-electron chi connectivity index (χ3n) is 5.23. The maximum atomic E-state index is 13.1. The number of benzene rings is 2. The Bertz CT molecular complexity index is 1190. The second kappa shape index (κ2) is 9.19. The molecule has 168 valence electrons. The first-order valence-electron chi connectivity index (χ1n) is 10.2. The van der Waals surface area contributed by atoms with Crippen LogP contribution in [-0.4, -0.2) is 61.9 Å². The van der Waals surface area contributed by atoms with Gasteiger partial charge in [-0.3, -0.25) is 4.79 Å². The van der Waals surface area contributed by atoms with E-state index < -0.39 is 0 Å². The zero-order chi connectivity index (χ0) is 22.7. The number of hydrogen-bond acceptors (Lipinski definition) is 6. The number of aromatic amines is 1. The lowest BCUT2D eigenvalue weighted by molar-refractivity contribution is 0.174. The molecule has 0 radical (unpaired) electrons. The number of carbonyl (C=O) groups excluding carboxylic acids is 1. The van der Waals surface area contributed by atoms with Crippen LogP contribution in [0, 0.1) is 0 Å². The van der Waals surface area contributed by atoms with Gasteiger partial charge >= 0.3 is 6.03 Å². The number of para-hydroxylation sites is 2. The first-order chi connectivity index (χ1) is 15.4. The summed E-state index contributed by atoms with van der Waals surface area (Å²) in [5, 5.41) is 3.70. The van der Waals surface area contributed by atoms with Crippen molar-refractivity contribution in [3.63, 3.8) is 0 Å². The number of likely N-dealkylation sites (N-methyl/N-ethyl adjacent to an activating group) is 1. The number of pyridine rings is 1. The molecule has 2 heterocycles. The monoisotopic (exact) mass is 438 g/mol. The molecular weight excluding hydrogens is 412 g/mol. The lowest BCUT2D eigenvalue weighted by Gasteiger charge is -2.25. The Kier molecular flexibility index (Phi) is 6.18. The summed E-state index contributed by atoms with van der Waals surface area (Å²) in [6.45, 7) is 1.38. The second-order valence-electron chi connectivity index (χ2n) is 7.77. The largest absolute Gasteiger partial charge is 0.495 e. The van der Waals surface area contributed by atoms with E-state index in [-0.39, 0.29) is 24.9 Å². The highest BCUT2D eigenvalue weighted by Crippen LogP contribution is 2.35. The van der Waals surface area contributed by atoms with Crippen molar-refractivity contribution in [2.24, 2.45) is 0 Å². The van der Waals surface area contributed by atoms with Crippen LogP contribution in [0.5, 0.6) is 17.2 Å². The molecule has 1 aliphatic rings. The molecule has 2 N–H and O–H groups in total. The zero-order valence-electron chi connectivity index (χ0n) is 18.3. The van der Waals surface area contributed by atoms with Gasteiger partial charge < -0.3 is 34.3 Å². The third-order valence-corrected chi connectivity index (χ3v) is 5.23. The average molecular weight is 438 g/mol. The van der Waals surface area contributed by atoms with E-state index in [2.05, 4.69) is 10.3 Å². The Balaban J connectivity index is 1.61. The number of carbonyl (C=O) groups is 1. The van der Waals surface area contributed by atoms with Crippen molar-refractivity contribution in [2.75, 3.05) is 46.4 Å². The van der Waals surface area contributed by atoms with Gasteiger partial charge in [0.05, 0.1) is 24.9 Å². The summed E-state index contributed by atoms with van der Waals surface area (Å²) in [5.41, 5.74) is 1.44. The fourth-order valence-corrected chi connectivity index (χ4v) is 3.48. The van der Waals surface area contributed by atoms with Gasteiger partial charge in [-0.25, -0.2) is 4.79 Å². The molecule has 0 bridgehead atoms. The molecule has 9 nitrogen and oxygen atoms in total. The van der Waals surface area contributed by atoms with E-state index in [1.54, 1.807) is 36.3 Å². The molecular formula is C23H26N4O5. The van der Waals surface area contributed by atoms with Crippen LogP contribution in [0.4, 0.5) is 10.5 Å². The summed E-state index contributed by atoms with van der Waals surface area (Å²) in [5.74, 6) is 1.80. The number of urea groups is 1. The molecule has 4 rings (SSSR count). The van der Waals surface area contributed by atoms with Crippen molar-refractivity contribution < 1.29 is 19.0 Å². The highest BCUT2D eigenvalue weighted by atomic mass is 16.7. The van der Waals surface area contributed by atoms with Crippen molar-refractivity contribution in [1.29, 1.82) is 0 Å². The van der Waals surface area contributed by atoms with Gasteiger partial charge in [-0.1, -0.05) is 12.1 Å². The van der Waals surface area contributed by atoms with Crippen LogP contribution in [0.25, 0.3) is 10.9 Å². The van der Waals surface area contributed by atoms with Crippen molar-refractivity contribution >= 4 is 22.6 Å². The highest BCUT2D eigenvalue weighted by Gasteiger charge is 2.19. The molecule has 0 atom stereocenters. The lowest BCUT2D eigenvalue weighted by atomic mass is 10.1. The van der Waals surface area contributed by atoms with E-state index in [1.807, 2.05) is 37.2 Å². The van der Waals surface area contributed by atoms with E-state index in [9.17, 15) is 9.59 Å². The van der Waals surface area contributed by atoms with Gasteiger partial charge in [-0.05, 0) is 38.4 Å². The molecule has 0 saturated heterocycles. The number of rotatable bonds is 7. The molecule has 0 saturated carbocycles. The van der Waals surface area contributed by atoms with Crippen LogP contribution < -0.4 is 25.1 Å². The van der Waals surface area contributed by atoms with E-state index in [1.165, 1.54) is 0 Å². The molecule has 9 heteroatoms. The SMILES string of the molecule is COc1ccccc1NC(=O)N(CCN(C)C)Cc1cc2cc3c(cc2[nH]c1=O)OCO3. The van der Waals surface area contributed by atoms with Gasteiger partial charge in [0.25, 0.3) is 5.56 Å². The fraction of sp³-hybridized carbons (Fsp3) is 0.304. The topological polar surface area (TPSA) is 96.1 Å². The quantitative estimate of drug-likeness (QED) is 0.589. The summed E-state index contributed by atoms with van der Waals surface area (Å²) in [6, 6.07) is 12.2. The standard InChI is InChI=1S/C23H26N4O5/c1-26(2)8-9-27(23(29)25-17-6-4-5-7-19(17)30-3)13-16-10-15-11-20-21(32-14-31-20)12-18(15)24-22(16)28/h4-7,10-12H,8-9,13-14H2,1-3H3,(H,24,28)(H,25,29). The number of aromatic nitrogens is 1. The Morgan fingerprint density at radius 2 is 1.88 bits per heavy atom. The van der Waals surface area contributed by atoms with Crippen LogP contribution in [0.2, 0.25) is 0 Å². The molecule has 2 aromatic carbocycles. The van der Waals surface area contributed by atoms with Crippen LogP contribution in [-0.2, 0) is 6.54 Å². The first kappa shape index (κ1) is 21.5. The van der Waals surface area contributed by atoms with E-state index in [4.69, 9.17) is 14.2 Å². The number of H-pyrrole nitrogens is 1. The summed E-state index contributed by atoms with van der Waals surface area (Å²) >= 11 is 0. The fourth-order valence-electron chi connectivity index (χ4n) is 3.48. The number of methoxy groups -OCH3 is 1. The number of ether oxygens (including phenoxy) is 3. The van der Waals surface area contributed by atoms with E-state index >= 15 is 0 Å². The average Bonchev–Trinajstić information content (AvgIpc) is 3.22. The summed E-state index contributed by atoms with van der Waals surface area (Å²) < 4.78 is 16.2. The lowest BCUT2D eigenvalue weighted by Crippen LogP contribution is -2.40. The van der Waals surface area contributed by atoms with Crippen LogP contribution in [0.15, 0.2) is 47.3 Å². The summed E-state index contributed by atoms with van der Waals surface area (Å²) in [6.07, 6.45) is 0. The Hall–Kier alpha value is -3.72. The minimum absolute atomic E-state index is 0.147. The normalized spacial score (nSPS) is 12.2. The number of amides is 2. The maximum Gasteiger partial charge on any atom is 0.322 e. The van der Waals surface area contributed by atoms with Crippen molar-refractivity contribution in [1.82, 2.24) is 14.8 Å². The predicted molar refractivity (Wildman–Crippen MR) is 122 cm³/mol. The highest BCUT2D eigenvalue weighted by molar-refractivity contribution is 5.91. The van der Waals surface area contributed by atoms with Crippen LogP contribution in [0.3, 0.4) is 0 Å². The molecule has 1 aromatic heterocycles. The van der Waals surface area contributed by atoms with E-state index in [0.717, 1.165) is 5.39 Å². The Morgan fingerprint density at radius 1 is 1.12 bits per heavy atom. The molecule has 0 unspecified atom stereocenters. The molecule has 0 fully saturated rings. The summed E-state index contributed by atoms with van der Waals surface area (Å²) in [7, 11) is 5.42. The van der Waals surface area contributed by atoms with Gasteiger partial charge in [0.15, 0.2) is 11.5 Å². The minimum atomic E-state index is -0.318. The van der Waals surface area contributed by atoms with Crippen LogP contribution >= 0.6 is 0 Å². The predicted octanol–water partition coefficient (Wildman–Crippen LogP) is 2.86. The van der Waals surface area contributed by atoms with Gasteiger partial charge in [0, 0.05) is 30.1 Å². The number of fused-ring (bicyclic) bond motifs is 2. The minimum Gasteiger partial charge on any atom is -0.495 e. The van der Waals surface area contributed by atoms with Gasteiger partial charge in [0.2, 0.25) is 6.79 Å². The third kappa shape index (κ3) is 4.62. The smallest absolute Gasteiger partial charge is 0.322 e. The summed E-state index contributed by atoms with van der Waals surface area (Å²) in [4.78, 5) is 32.4. The maximum absolute atomic E-state index is 13.1. The second-order valence-corrected chi connectivity index (χ2v) is 7.77. The molecule has 3 aromatic rings. The number of anilines is 1. The molecule has 0 spiro atoms. The molecule has 32 heavy (non-hydrogen) atoms. The van der Waals surface area contributed by atoms with Gasteiger partial charge in [0.1, 0.15) is 5.75 Å². The van der Waals surface area contributed by atoms with Crippen molar-refractivity contribution in [3.8, 4) is 17.2 Å². The molecule has 0 aliphatic carbocycles. The van der Waals surface area contributed by atoms with Crippen molar-refractivity contribution in [3.05, 3.63) is 58.4 Å². The first-order valence-corrected chi connectivity index (χ1v) is 10.2.